The summed E-state index contributed by atoms with van der Waals surface area (Å²) < 4.78 is 2.99. The standard InChI is InChI=1S/C15H14BrN3/c1-18(2)12-8-9-13-14(16)17-15(19(13)10-12)11-6-4-3-5-7-11/h3-10H,1-2H3. The topological polar surface area (TPSA) is 20.5 Å². The average Bonchev–Trinajstić information content (AvgIpc) is 2.77. The van der Waals surface area contributed by atoms with Crippen LogP contribution in [0.2, 0.25) is 0 Å². The van der Waals surface area contributed by atoms with Crippen LogP contribution in [0.25, 0.3) is 16.9 Å². The Hall–Kier alpha value is -1.81. The van der Waals surface area contributed by atoms with Gasteiger partial charge in [0.1, 0.15) is 10.4 Å². The van der Waals surface area contributed by atoms with Crippen LogP contribution in [0.15, 0.2) is 53.3 Å². The van der Waals surface area contributed by atoms with Crippen molar-refractivity contribution in [2.24, 2.45) is 0 Å². The maximum Gasteiger partial charge on any atom is 0.145 e. The number of imidazole rings is 1. The number of fused-ring (bicyclic) bond motifs is 1. The first kappa shape index (κ1) is 12.2. The van der Waals surface area contributed by atoms with E-state index >= 15 is 0 Å². The molecule has 1 aromatic carbocycles. The fourth-order valence-corrected chi connectivity index (χ4v) is 2.58. The predicted octanol–water partition coefficient (Wildman–Crippen LogP) is 3.83. The summed E-state index contributed by atoms with van der Waals surface area (Å²) in [6.45, 7) is 0. The van der Waals surface area contributed by atoms with Crippen LogP contribution in [0.4, 0.5) is 5.69 Å². The fourth-order valence-electron chi connectivity index (χ4n) is 2.09. The van der Waals surface area contributed by atoms with E-state index in [-0.39, 0.29) is 0 Å². The molecule has 0 spiro atoms. The van der Waals surface area contributed by atoms with Gasteiger partial charge in [-0.05, 0) is 28.1 Å². The molecule has 0 aliphatic heterocycles. The summed E-state index contributed by atoms with van der Waals surface area (Å²) in [6, 6.07) is 14.4. The molecule has 0 saturated heterocycles. The van der Waals surface area contributed by atoms with Crippen molar-refractivity contribution in [2.75, 3.05) is 19.0 Å². The van der Waals surface area contributed by atoms with Crippen molar-refractivity contribution in [3.05, 3.63) is 53.3 Å². The molecule has 0 saturated carbocycles. The van der Waals surface area contributed by atoms with Gasteiger partial charge in [-0.15, -0.1) is 0 Å². The Morgan fingerprint density at radius 3 is 2.47 bits per heavy atom. The van der Waals surface area contributed by atoms with Crippen molar-refractivity contribution < 1.29 is 0 Å². The Labute approximate surface area is 120 Å². The third-order valence-corrected chi connectivity index (χ3v) is 3.71. The highest BCUT2D eigenvalue weighted by molar-refractivity contribution is 9.10. The largest absolute Gasteiger partial charge is 0.376 e. The van der Waals surface area contributed by atoms with Crippen molar-refractivity contribution in [1.29, 1.82) is 0 Å². The molecule has 0 bridgehead atoms. The molecule has 0 N–H and O–H groups in total. The normalized spacial score (nSPS) is 10.9. The van der Waals surface area contributed by atoms with Gasteiger partial charge in [-0.1, -0.05) is 30.3 Å². The van der Waals surface area contributed by atoms with Crippen LogP contribution in [-0.4, -0.2) is 23.5 Å². The number of pyridine rings is 1. The van der Waals surface area contributed by atoms with E-state index in [2.05, 4.69) is 60.7 Å². The smallest absolute Gasteiger partial charge is 0.145 e. The van der Waals surface area contributed by atoms with Crippen LogP contribution in [0.3, 0.4) is 0 Å². The molecule has 19 heavy (non-hydrogen) atoms. The lowest BCUT2D eigenvalue weighted by molar-refractivity contribution is 1.08. The minimum absolute atomic E-state index is 0.872. The summed E-state index contributed by atoms with van der Waals surface area (Å²) in [6.07, 6.45) is 2.11. The third-order valence-electron chi connectivity index (χ3n) is 3.12. The molecule has 0 aliphatic carbocycles. The van der Waals surface area contributed by atoms with Crippen molar-refractivity contribution in [1.82, 2.24) is 9.38 Å². The summed E-state index contributed by atoms with van der Waals surface area (Å²) in [4.78, 5) is 6.71. The second-order valence-electron chi connectivity index (χ2n) is 4.63. The highest BCUT2D eigenvalue weighted by Crippen LogP contribution is 2.27. The highest BCUT2D eigenvalue weighted by atomic mass is 79.9. The van der Waals surface area contributed by atoms with Crippen LogP contribution in [-0.2, 0) is 0 Å². The maximum absolute atomic E-state index is 4.62. The number of aromatic nitrogens is 2. The monoisotopic (exact) mass is 315 g/mol. The second kappa shape index (κ2) is 4.70. The number of hydrogen-bond acceptors (Lipinski definition) is 2. The summed E-state index contributed by atoms with van der Waals surface area (Å²) >= 11 is 3.53. The average molecular weight is 316 g/mol. The molecule has 3 nitrogen and oxygen atoms in total. The lowest BCUT2D eigenvalue weighted by Gasteiger charge is -2.13. The SMILES string of the molecule is CN(C)c1ccc2c(Br)nc(-c3ccccc3)n2c1. The number of hydrogen-bond donors (Lipinski definition) is 0. The van der Waals surface area contributed by atoms with E-state index in [9.17, 15) is 0 Å². The van der Waals surface area contributed by atoms with Gasteiger partial charge in [0.2, 0.25) is 0 Å². The molecule has 4 heteroatoms. The number of rotatable bonds is 2. The summed E-state index contributed by atoms with van der Waals surface area (Å²) in [5.41, 5.74) is 3.33. The first-order chi connectivity index (χ1) is 9.16. The molecule has 2 aromatic heterocycles. The fraction of sp³-hybridized carbons (Fsp3) is 0.133. The zero-order chi connectivity index (χ0) is 13.4. The first-order valence-corrected chi connectivity index (χ1v) is 6.86. The number of nitrogens with zero attached hydrogens (tertiary/aromatic N) is 3. The van der Waals surface area contributed by atoms with Gasteiger partial charge in [-0.2, -0.15) is 0 Å². The van der Waals surface area contributed by atoms with E-state index in [1.165, 1.54) is 0 Å². The van der Waals surface area contributed by atoms with Crippen molar-refractivity contribution >= 4 is 27.1 Å². The molecule has 0 atom stereocenters. The predicted molar refractivity (Wildman–Crippen MR) is 82.7 cm³/mol. The summed E-state index contributed by atoms with van der Waals surface area (Å²) in [5, 5.41) is 0. The highest BCUT2D eigenvalue weighted by Gasteiger charge is 2.11. The minimum Gasteiger partial charge on any atom is -0.376 e. The van der Waals surface area contributed by atoms with E-state index in [1.807, 2.05) is 32.3 Å². The number of halogens is 1. The Balaban J connectivity index is 2.27. The van der Waals surface area contributed by atoms with Crippen LogP contribution in [0.1, 0.15) is 0 Å². The molecule has 0 radical (unpaired) electrons. The van der Waals surface area contributed by atoms with Gasteiger partial charge in [0.25, 0.3) is 0 Å². The lowest BCUT2D eigenvalue weighted by atomic mass is 10.2. The van der Waals surface area contributed by atoms with Gasteiger partial charge in [0, 0.05) is 25.9 Å². The van der Waals surface area contributed by atoms with Gasteiger partial charge in [-0.25, -0.2) is 4.98 Å². The van der Waals surface area contributed by atoms with Crippen LogP contribution >= 0.6 is 15.9 Å². The quantitative estimate of drug-likeness (QED) is 0.716. The summed E-state index contributed by atoms with van der Waals surface area (Å²) in [5.74, 6) is 0.950. The molecular weight excluding hydrogens is 302 g/mol. The van der Waals surface area contributed by atoms with Crippen molar-refractivity contribution in [2.45, 2.75) is 0 Å². The maximum atomic E-state index is 4.62. The zero-order valence-corrected chi connectivity index (χ0v) is 12.4. The zero-order valence-electron chi connectivity index (χ0n) is 10.8. The van der Waals surface area contributed by atoms with Gasteiger partial charge in [-0.3, -0.25) is 4.40 Å². The van der Waals surface area contributed by atoms with Gasteiger partial charge >= 0.3 is 0 Å². The lowest BCUT2D eigenvalue weighted by Crippen LogP contribution is -2.09. The van der Waals surface area contributed by atoms with E-state index in [0.29, 0.717) is 0 Å². The Morgan fingerprint density at radius 2 is 1.79 bits per heavy atom. The molecule has 0 fully saturated rings. The van der Waals surface area contributed by atoms with E-state index in [1.54, 1.807) is 0 Å². The van der Waals surface area contributed by atoms with E-state index in [0.717, 1.165) is 27.2 Å². The first-order valence-electron chi connectivity index (χ1n) is 6.07. The van der Waals surface area contributed by atoms with Crippen LogP contribution < -0.4 is 4.90 Å². The van der Waals surface area contributed by atoms with Crippen molar-refractivity contribution in [3.8, 4) is 11.4 Å². The van der Waals surface area contributed by atoms with Crippen LogP contribution in [0.5, 0.6) is 0 Å². The Morgan fingerprint density at radius 1 is 1.05 bits per heavy atom. The van der Waals surface area contributed by atoms with Crippen molar-refractivity contribution in [3.63, 3.8) is 0 Å². The number of benzene rings is 1. The second-order valence-corrected chi connectivity index (χ2v) is 5.38. The van der Waals surface area contributed by atoms with Gasteiger partial charge in [0.05, 0.1) is 11.2 Å². The Bertz CT molecular complexity index is 717. The van der Waals surface area contributed by atoms with Gasteiger partial charge in [0.15, 0.2) is 0 Å². The Kier molecular flexibility index (Phi) is 3.03. The molecule has 3 aromatic rings. The minimum atomic E-state index is 0.872. The van der Waals surface area contributed by atoms with E-state index in [4.69, 9.17) is 0 Å². The number of anilines is 1. The molecule has 0 unspecified atom stereocenters. The van der Waals surface area contributed by atoms with Gasteiger partial charge < -0.3 is 4.90 Å². The molecule has 96 valence electrons. The molecule has 2 heterocycles. The third kappa shape index (κ3) is 2.12. The molecule has 0 amide bonds. The van der Waals surface area contributed by atoms with Crippen LogP contribution in [0, 0.1) is 0 Å². The van der Waals surface area contributed by atoms with E-state index < -0.39 is 0 Å². The summed E-state index contributed by atoms with van der Waals surface area (Å²) in [7, 11) is 4.07. The molecule has 3 rings (SSSR count). The molecular formula is C15H14BrN3. The molecule has 0 aliphatic rings.